The van der Waals surface area contributed by atoms with Crippen molar-refractivity contribution in [3.8, 4) is 0 Å². The molecule has 0 spiro atoms. The van der Waals surface area contributed by atoms with Crippen molar-refractivity contribution in [2.45, 2.75) is 0 Å². The van der Waals surface area contributed by atoms with E-state index in [9.17, 15) is 13.6 Å². The van der Waals surface area contributed by atoms with Crippen LogP contribution in [0.2, 0.25) is 0 Å². The topological polar surface area (TPSA) is 26.3 Å². The van der Waals surface area contributed by atoms with E-state index in [-0.39, 0.29) is 15.7 Å². The number of halogens is 2. The van der Waals surface area contributed by atoms with Gasteiger partial charge in [0.25, 0.3) is 0 Å². The highest BCUT2D eigenvalue weighted by Crippen LogP contribution is 2.26. The monoisotopic (exact) mass is 230 g/mol. The Morgan fingerprint density at radius 1 is 1.19 bits per heavy atom. The molecule has 0 radical (unpaired) electrons. The van der Waals surface area contributed by atoms with Gasteiger partial charge in [0.1, 0.15) is 0 Å². The van der Waals surface area contributed by atoms with Gasteiger partial charge in [0.15, 0.2) is 11.6 Å². The van der Waals surface area contributed by atoms with Gasteiger partial charge in [-0.1, -0.05) is 0 Å². The van der Waals surface area contributed by atoms with Crippen LogP contribution in [0.3, 0.4) is 0 Å². The number of hydrogen-bond donors (Lipinski definition) is 0. The van der Waals surface area contributed by atoms with Crippen LogP contribution >= 0.6 is 0 Å². The standard InChI is InChI=1S/C11H14F2NO2/c1-14(2,3)10-8(12)5-7(6-9(10)13)11(15)16-4/h5-6H,1-4H3/q+1. The first-order valence-corrected chi connectivity index (χ1v) is 4.66. The Hall–Kier alpha value is -1.49. The van der Waals surface area contributed by atoms with Crippen molar-refractivity contribution in [1.82, 2.24) is 4.48 Å². The van der Waals surface area contributed by atoms with Gasteiger partial charge in [-0.3, -0.25) is 4.48 Å². The number of esters is 1. The first kappa shape index (κ1) is 12.6. The van der Waals surface area contributed by atoms with Crippen molar-refractivity contribution in [3.63, 3.8) is 0 Å². The minimum absolute atomic E-state index is 0.000874. The van der Waals surface area contributed by atoms with E-state index >= 15 is 0 Å². The molecule has 0 saturated carbocycles. The number of benzene rings is 1. The summed E-state index contributed by atoms with van der Waals surface area (Å²) >= 11 is 0. The van der Waals surface area contributed by atoms with Gasteiger partial charge in [0.05, 0.1) is 33.8 Å². The van der Waals surface area contributed by atoms with Gasteiger partial charge in [-0.2, -0.15) is 0 Å². The fourth-order valence-electron chi connectivity index (χ4n) is 1.44. The van der Waals surface area contributed by atoms with Gasteiger partial charge in [0.2, 0.25) is 5.69 Å². The smallest absolute Gasteiger partial charge is 0.338 e. The van der Waals surface area contributed by atoms with E-state index < -0.39 is 17.6 Å². The first-order valence-electron chi connectivity index (χ1n) is 4.66. The highest BCUT2D eigenvalue weighted by Gasteiger charge is 2.25. The number of quaternary nitrogens is 1. The number of rotatable bonds is 2. The van der Waals surface area contributed by atoms with Gasteiger partial charge in [-0.15, -0.1) is 0 Å². The fourth-order valence-corrected chi connectivity index (χ4v) is 1.44. The molecule has 0 amide bonds. The lowest BCUT2D eigenvalue weighted by Gasteiger charge is -2.24. The highest BCUT2D eigenvalue weighted by atomic mass is 19.1. The summed E-state index contributed by atoms with van der Waals surface area (Å²) in [5.74, 6) is -2.27. The first-order chi connectivity index (χ1) is 7.27. The van der Waals surface area contributed by atoms with Crippen molar-refractivity contribution in [3.05, 3.63) is 29.3 Å². The molecule has 1 rings (SSSR count). The molecule has 0 bridgehead atoms. The van der Waals surface area contributed by atoms with Crippen LogP contribution in [0.15, 0.2) is 12.1 Å². The maximum absolute atomic E-state index is 13.6. The SMILES string of the molecule is COC(=O)c1cc(F)c([N+](C)(C)C)c(F)c1. The summed E-state index contributed by atoms with van der Waals surface area (Å²) in [4.78, 5) is 11.1. The van der Waals surface area contributed by atoms with Gasteiger partial charge in [-0.25, -0.2) is 13.6 Å². The molecule has 88 valence electrons. The summed E-state index contributed by atoms with van der Waals surface area (Å²) in [7, 11) is 6.07. The van der Waals surface area contributed by atoms with Gasteiger partial charge < -0.3 is 4.74 Å². The predicted octanol–water partition coefficient (Wildman–Crippen LogP) is 1.95. The quantitative estimate of drug-likeness (QED) is 0.573. The maximum atomic E-state index is 13.6. The largest absolute Gasteiger partial charge is 0.465 e. The summed E-state index contributed by atoms with van der Waals surface area (Å²) in [6.07, 6.45) is 0. The number of carbonyl (C=O) groups excluding carboxylic acids is 1. The summed E-state index contributed by atoms with van der Waals surface area (Å²) in [5, 5.41) is 0. The van der Waals surface area contributed by atoms with E-state index in [4.69, 9.17) is 0 Å². The van der Waals surface area contributed by atoms with E-state index in [1.807, 2.05) is 0 Å². The third-order valence-corrected chi connectivity index (χ3v) is 2.11. The summed E-state index contributed by atoms with van der Waals surface area (Å²) in [6.45, 7) is 0. The minimum Gasteiger partial charge on any atom is -0.465 e. The Morgan fingerprint density at radius 2 is 1.62 bits per heavy atom. The van der Waals surface area contributed by atoms with E-state index in [0.29, 0.717) is 0 Å². The minimum atomic E-state index is -0.759. The van der Waals surface area contributed by atoms with Crippen LogP contribution in [-0.4, -0.2) is 34.2 Å². The zero-order valence-corrected chi connectivity index (χ0v) is 9.67. The number of carbonyl (C=O) groups is 1. The zero-order valence-electron chi connectivity index (χ0n) is 9.67. The number of nitrogens with zero attached hydrogens (tertiary/aromatic N) is 1. The van der Waals surface area contributed by atoms with Crippen molar-refractivity contribution < 1.29 is 18.3 Å². The van der Waals surface area contributed by atoms with Crippen LogP contribution in [0.4, 0.5) is 14.5 Å². The normalized spacial score (nSPS) is 11.4. The predicted molar refractivity (Wildman–Crippen MR) is 57.3 cm³/mol. The zero-order chi connectivity index (χ0) is 12.5. The fraction of sp³-hybridized carbons (Fsp3) is 0.364. The number of ether oxygens (including phenoxy) is 1. The molecule has 0 fully saturated rings. The van der Waals surface area contributed by atoms with E-state index in [0.717, 1.165) is 19.2 Å². The van der Waals surface area contributed by atoms with Crippen LogP contribution in [0.25, 0.3) is 0 Å². The van der Waals surface area contributed by atoms with Crippen molar-refractivity contribution in [2.24, 2.45) is 0 Å². The van der Waals surface area contributed by atoms with E-state index in [1.54, 1.807) is 21.1 Å². The lowest BCUT2D eigenvalue weighted by Crippen LogP contribution is -2.36. The molecule has 16 heavy (non-hydrogen) atoms. The Morgan fingerprint density at radius 3 is 1.94 bits per heavy atom. The third-order valence-electron chi connectivity index (χ3n) is 2.11. The number of hydrogen-bond acceptors (Lipinski definition) is 2. The maximum Gasteiger partial charge on any atom is 0.338 e. The van der Waals surface area contributed by atoms with Gasteiger partial charge in [-0.05, 0) is 12.1 Å². The molecule has 1 aromatic carbocycles. The Bertz CT molecular complexity index is 401. The molecule has 0 aliphatic carbocycles. The average Bonchev–Trinajstić information content (AvgIpc) is 2.13. The second-order valence-electron chi connectivity index (χ2n) is 4.29. The van der Waals surface area contributed by atoms with Crippen LogP contribution in [0, 0.1) is 11.6 Å². The summed E-state index contributed by atoms with van der Waals surface area (Å²) in [5.41, 5.74) is -0.220. The van der Waals surface area contributed by atoms with E-state index in [1.165, 1.54) is 0 Å². The van der Waals surface area contributed by atoms with Crippen molar-refractivity contribution in [2.75, 3.05) is 28.3 Å². The van der Waals surface area contributed by atoms with Crippen LogP contribution < -0.4 is 4.48 Å². The Kier molecular flexibility index (Phi) is 3.28. The summed E-state index contributed by atoms with van der Waals surface area (Å²) in [6, 6.07) is 1.96. The molecule has 0 aliphatic rings. The molecule has 0 N–H and O–H groups in total. The molecule has 0 heterocycles. The molecule has 3 nitrogen and oxygen atoms in total. The van der Waals surface area contributed by atoms with Gasteiger partial charge >= 0.3 is 5.97 Å². The molecular formula is C11H14F2NO2+. The van der Waals surface area contributed by atoms with Crippen LogP contribution in [0.1, 0.15) is 10.4 Å². The Balaban J connectivity index is 3.34. The molecular weight excluding hydrogens is 216 g/mol. The highest BCUT2D eigenvalue weighted by molar-refractivity contribution is 5.89. The van der Waals surface area contributed by atoms with Crippen molar-refractivity contribution >= 4 is 11.7 Å². The molecule has 0 atom stereocenters. The number of methoxy groups -OCH3 is 1. The molecule has 0 saturated heterocycles. The molecule has 5 heteroatoms. The molecule has 0 aromatic heterocycles. The summed E-state index contributed by atoms with van der Waals surface area (Å²) < 4.78 is 31.7. The lowest BCUT2D eigenvalue weighted by atomic mass is 10.1. The second kappa shape index (κ2) is 4.17. The second-order valence-corrected chi connectivity index (χ2v) is 4.29. The Labute approximate surface area is 92.8 Å². The molecule has 0 unspecified atom stereocenters. The van der Waals surface area contributed by atoms with Crippen LogP contribution in [0.5, 0.6) is 0 Å². The van der Waals surface area contributed by atoms with Crippen molar-refractivity contribution in [1.29, 1.82) is 0 Å². The molecule has 0 aliphatic heterocycles. The van der Waals surface area contributed by atoms with Gasteiger partial charge in [0, 0.05) is 0 Å². The third kappa shape index (κ3) is 2.36. The van der Waals surface area contributed by atoms with E-state index in [2.05, 4.69) is 4.74 Å². The van der Waals surface area contributed by atoms with Crippen LogP contribution in [-0.2, 0) is 4.74 Å². The average molecular weight is 230 g/mol. The molecule has 1 aromatic rings. The lowest BCUT2D eigenvalue weighted by molar-refractivity contribution is 0.0599.